The number of anilines is 1. The molecule has 5 aromatic rings. The molecule has 3 N–H and O–H groups in total. The quantitative estimate of drug-likeness (QED) is 0.202. The highest BCUT2D eigenvalue weighted by atomic mass is 19.4. The van der Waals surface area contributed by atoms with Crippen molar-refractivity contribution in [3.8, 4) is 22.5 Å². The summed E-state index contributed by atoms with van der Waals surface area (Å²) in [6.45, 7) is 10.2. The van der Waals surface area contributed by atoms with Crippen LogP contribution in [-0.4, -0.2) is 52.5 Å². The minimum Gasteiger partial charge on any atom is -0.444 e. The zero-order valence-corrected chi connectivity index (χ0v) is 26.1. The number of alkyl halides is 3. The number of fused-ring (bicyclic) bond motifs is 1. The first-order valence-electron chi connectivity index (χ1n) is 14.1. The topological polar surface area (TPSA) is 166 Å². The van der Waals surface area contributed by atoms with E-state index in [1.54, 1.807) is 40.1 Å². The number of carbonyl (C=O) groups excluding carboxylic acids is 2. The lowest BCUT2D eigenvalue weighted by molar-refractivity contribution is -0.138. The fourth-order valence-electron chi connectivity index (χ4n) is 4.47. The number of nitrogens with zero attached hydrogens (tertiary/aromatic N) is 6. The van der Waals surface area contributed by atoms with Crippen LogP contribution in [0.25, 0.3) is 33.7 Å². The molecule has 4 heterocycles. The lowest BCUT2D eigenvalue weighted by atomic mass is 9.96. The maximum atomic E-state index is 14.3. The number of halogens is 3. The molecule has 46 heavy (non-hydrogen) atoms. The van der Waals surface area contributed by atoms with Crippen molar-refractivity contribution in [3.05, 3.63) is 59.5 Å². The Bertz CT molecular complexity index is 1930. The van der Waals surface area contributed by atoms with Crippen molar-refractivity contribution in [2.45, 2.75) is 65.3 Å². The van der Waals surface area contributed by atoms with Gasteiger partial charge in [-0.1, -0.05) is 38.1 Å². The van der Waals surface area contributed by atoms with Gasteiger partial charge in [-0.3, -0.25) is 14.8 Å². The number of H-pyrrole nitrogens is 1. The standard InChI is InChI=1S/C30H32F3N9O4/c1-28(2,3)26-39-25(46-41-26)24(43)35-13-16-9-8-15(12-19(16)30(31,32)33)17-10-11-34-23-20(17)36-21(37-23)18-14-42(7)40-22(18)38-27(44)45-29(4,5)6/h8-12,14H,13H2,1-7H3,(H,35,43)(H,34,36,37)(H,38,40,44). The normalized spacial score (nSPS) is 12.4. The van der Waals surface area contributed by atoms with Crippen LogP contribution in [0.4, 0.5) is 23.8 Å². The number of carbonyl (C=O) groups is 2. The molecule has 0 atom stereocenters. The number of amides is 2. The fourth-order valence-corrected chi connectivity index (χ4v) is 4.47. The van der Waals surface area contributed by atoms with Gasteiger partial charge in [0.15, 0.2) is 17.3 Å². The highest BCUT2D eigenvalue weighted by Gasteiger charge is 2.34. The van der Waals surface area contributed by atoms with E-state index in [0.29, 0.717) is 22.5 Å². The van der Waals surface area contributed by atoms with E-state index in [2.05, 4.69) is 40.8 Å². The van der Waals surface area contributed by atoms with E-state index in [1.807, 2.05) is 20.8 Å². The van der Waals surface area contributed by atoms with E-state index in [9.17, 15) is 22.8 Å². The molecule has 0 saturated heterocycles. The smallest absolute Gasteiger partial charge is 0.416 e. The van der Waals surface area contributed by atoms with Crippen molar-refractivity contribution in [1.29, 1.82) is 0 Å². The average Bonchev–Trinajstić information content (AvgIpc) is 3.68. The molecule has 0 fully saturated rings. The molecular formula is C30H32F3N9O4. The maximum absolute atomic E-state index is 14.3. The molecular weight excluding hydrogens is 607 g/mol. The van der Waals surface area contributed by atoms with E-state index in [0.717, 1.165) is 6.07 Å². The molecule has 0 radical (unpaired) electrons. The molecule has 16 heteroatoms. The number of ether oxygens (including phenoxy) is 1. The zero-order valence-electron chi connectivity index (χ0n) is 26.1. The summed E-state index contributed by atoms with van der Waals surface area (Å²) in [4.78, 5) is 40.9. The largest absolute Gasteiger partial charge is 0.444 e. The van der Waals surface area contributed by atoms with E-state index in [-0.39, 0.29) is 34.3 Å². The number of aromatic nitrogens is 7. The molecule has 1 aromatic carbocycles. The second-order valence-corrected chi connectivity index (χ2v) is 12.6. The molecule has 0 aliphatic heterocycles. The first-order valence-corrected chi connectivity index (χ1v) is 14.1. The molecule has 4 aromatic heterocycles. The molecule has 0 aliphatic rings. The molecule has 0 saturated carbocycles. The Morgan fingerprint density at radius 1 is 1.04 bits per heavy atom. The summed E-state index contributed by atoms with van der Waals surface area (Å²) in [6, 6.07) is 5.36. The molecule has 242 valence electrons. The number of rotatable bonds is 6. The van der Waals surface area contributed by atoms with Crippen molar-refractivity contribution in [2.75, 3.05) is 5.32 Å². The monoisotopic (exact) mass is 639 g/mol. The van der Waals surface area contributed by atoms with Gasteiger partial charge in [0, 0.05) is 37.0 Å². The summed E-state index contributed by atoms with van der Waals surface area (Å²) in [7, 11) is 1.66. The number of benzene rings is 1. The first-order chi connectivity index (χ1) is 21.4. The third kappa shape index (κ3) is 7.00. The minimum absolute atomic E-state index is 0.163. The Balaban J connectivity index is 1.44. The van der Waals surface area contributed by atoms with Crippen molar-refractivity contribution in [2.24, 2.45) is 7.05 Å². The fraction of sp³-hybridized carbons (Fsp3) is 0.367. The molecule has 0 unspecified atom stereocenters. The van der Waals surface area contributed by atoms with Gasteiger partial charge in [-0.15, -0.1) is 0 Å². The Morgan fingerprint density at radius 3 is 2.43 bits per heavy atom. The Labute approximate surface area is 261 Å². The summed E-state index contributed by atoms with van der Waals surface area (Å²) >= 11 is 0. The van der Waals surface area contributed by atoms with Gasteiger partial charge >= 0.3 is 24.1 Å². The predicted octanol–water partition coefficient (Wildman–Crippen LogP) is 6.00. The van der Waals surface area contributed by atoms with Gasteiger partial charge in [-0.05, 0) is 44.0 Å². The lowest BCUT2D eigenvalue weighted by Gasteiger charge is -2.19. The van der Waals surface area contributed by atoms with E-state index < -0.39 is 41.3 Å². The van der Waals surface area contributed by atoms with Crippen molar-refractivity contribution >= 4 is 29.0 Å². The van der Waals surface area contributed by atoms with Gasteiger partial charge in [0.25, 0.3) is 0 Å². The van der Waals surface area contributed by atoms with Gasteiger partial charge in [0.05, 0.1) is 16.6 Å². The van der Waals surface area contributed by atoms with Crippen LogP contribution in [0, 0.1) is 0 Å². The summed E-state index contributed by atoms with van der Waals surface area (Å²) in [6.07, 6.45) is -2.40. The average molecular weight is 640 g/mol. The summed E-state index contributed by atoms with van der Waals surface area (Å²) in [5.41, 5.74) is -0.676. The van der Waals surface area contributed by atoms with Gasteiger partial charge in [0.1, 0.15) is 11.4 Å². The van der Waals surface area contributed by atoms with Gasteiger partial charge < -0.3 is 19.6 Å². The second kappa shape index (κ2) is 11.6. The van der Waals surface area contributed by atoms with E-state index >= 15 is 0 Å². The van der Waals surface area contributed by atoms with E-state index in [1.165, 1.54) is 23.0 Å². The third-order valence-electron chi connectivity index (χ3n) is 6.55. The van der Waals surface area contributed by atoms with Crippen LogP contribution in [0.5, 0.6) is 0 Å². The number of aryl methyl sites for hydroxylation is 1. The molecule has 0 aliphatic carbocycles. The van der Waals surface area contributed by atoms with Crippen LogP contribution in [0.1, 0.15) is 69.2 Å². The van der Waals surface area contributed by atoms with Crippen LogP contribution in [0.2, 0.25) is 0 Å². The van der Waals surface area contributed by atoms with Crippen molar-refractivity contribution < 1.29 is 32.0 Å². The van der Waals surface area contributed by atoms with Crippen LogP contribution in [-0.2, 0) is 29.9 Å². The van der Waals surface area contributed by atoms with Crippen molar-refractivity contribution in [1.82, 2.24) is 40.2 Å². The zero-order chi connectivity index (χ0) is 33.6. The SMILES string of the molecule is Cn1cc(-c2nc3nccc(-c4ccc(CNC(=O)c5nc(C(C)(C)C)no5)c(C(F)(F)F)c4)c3[nH]2)c(NC(=O)OC(C)(C)C)n1. The van der Waals surface area contributed by atoms with E-state index in [4.69, 9.17) is 9.26 Å². The summed E-state index contributed by atoms with van der Waals surface area (Å²) in [5, 5.41) is 13.1. The Hall–Kier alpha value is -5.28. The number of imidazole rings is 1. The van der Waals surface area contributed by atoms with Crippen molar-refractivity contribution in [3.63, 3.8) is 0 Å². The second-order valence-electron chi connectivity index (χ2n) is 12.6. The number of nitrogens with one attached hydrogen (secondary N) is 3. The van der Waals surface area contributed by atoms with Gasteiger partial charge in [-0.25, -0.2) is 14.8 Å². The van der Waals surface area contributed by atoms with Crippen LogP contribution in [0.15, 0.2) is 41.2 Å². The highest BCUT2D eigenvalue weighted by molar-refractivity contribution is 5.94. The first kappa shape index (κ1) is 32.1. The third-order valence-corrected chi connectivity index (χ3v) is 6.55. The number of hydrogen-bond acceptors (Lipinski definition) is 9. The molecule has 13 nitrogen and oxygen atoms in total. The van der Waals surface area contributed by atoms with Crippen LogP contribution >= 0.6 is 0 Å². The number of pyridine rings is 1. The number of hydrogen-bond donors (Lipinski definition) is 3. The molecule has 2 amide bonds. The van der Waals surface area contributed by atoms with Gasteiger partial charge in [-0.2, -0.15) is 23.3 Å². The maximum Gasteiger partial charge on any atom is 0.416 e. The number of aromatic amines is 1. The lowest BCUT2D eigenvalue weighted by Crippen LogP contribution is -2.27. The molecule has 0 bridgehead atoms. The summed E-state index contributed by atoms with van der Waals surface area (Å²) < 4.78 is 54.6. The minimum atomic E-state index is -4.73. The molecule has 5 rings (SSSR count). The Morgan fingerprint density at radius 2 is 1.78 bits per heavy atom. The van der Waals surface area contributed by atoms with Gasteiger partial charge in [0.2, 0.25) is 0 Å². The molecule has 0 spiro atoms. The Kier molecular flexibility index (Phi) is 8.08. The highest BCUT2D eigenvalue weighted by Crippen LogP contribution is 2.37. The predicted molar refractivity (Wildman–Crippen MR) is 161 cm³/mol. The summed E-state index contributed by atoms with van der Waals surface area (Å²) in [5.74, 6) is -0.402. The van der Waals surface area contributed by atoms with Crippen LogP contribution in [0.3, 0.4) is 0 Å². The van der Waals surface area contributed by atoms with Crippen LogP contribution < -0.4 is 10.6 Å².